The molecule has 1 saturated heterocycles. The van der Waals surface area contributed by atoms with Gasteiger partial charge in [-0.1, -0.05) is 0 Å². The summed E-state index contributed by atoms with van der Waals surface area (Å²) in [6.45, 7) is 1.29. The molecule has 2 aliphatic heterocycles. The first-order valence-electron chi connectivity index (χ1n) is 10.7. The molecule has 0 aromatic carbocycles. The quantitative estimate of drug-likeness (QED) is 0.691. The third-order valence-corrected chi connectivity index (χ3v) is 6.70. The van der Waals surface area contributed by atoms with Crippen molar-refractivity contribution in [2.75, 3.05) is 25.5 Å². The van der Waals surface area contributed by atoms with Crippen LogP contribution in [-0.2, 0) is 12.6 Å². The molecule has 3 N–H and O–H groups in total. The number of carbonyl (C=O) groups excluding carboxylic acids is 1. The van der Waals surface area contributed by atoms with Gasteiger partial charge in [0, 0.05) is 49.7 Å². The van der Waals surface area contributed by atoms with Gasteiger partial charge >= 0.3 is 6.18 Å². The summed E-state index contributed by atoms with van der Waals surface area (Å²) in [5.41, 5.74) is 0.426. The summed E-state index contributed by atoms with van der Waals surface area (Å²) in [4.78, 5) is 25.3. The van der Waals surface area contributed by atoms with Gasteiger partial charge in [-0.2, -0.15) is 13.2 Å². The van der Waals surface area contributed by atoms with Crippen molar-refractivity contribution in [1.29, 1.82) is 0 Å². The summed E-state index contributed by atoms with van der Waals surface area (Å²) in [5.74, 6) is -0.0458. The topological polar surface area (TPSA) is 85.9 Å². The van der Waals surface area contributed by atoms with Crippen LogP contribution in [0.15, 0.2) is 12.4 Å². The van der Waals surface area contributed by atoms with E-state index in [0.29, 0.717) is 36.2 Å². The molecule has 1 atom stereocenters. The number of hydrogen-bond acceptors (Lipinski definition) is 5. The highest BCUT2D eigenvalue weighted by Crippen LogP contribution is 2.42. The van der Waals surface area contributed by atoms with Crippen molar-refractivity contribution in [3.05, 3.63) is 29.2 Å². The highest BCUT2D eigenvalue weighted by atomic mass is 19.4. The largest absolute Gasteiger partial charge is 0.419 e. The lowest BCUT2D eigenvalue weighted by molar-refractivity contribution is -0.137. The minimum Gasteiger partial charge on any atom is -0.356 e. The summed E-state index contributed by atoms with van der Waals surface area (Å²) in [6.07, 6.45) is 3.21. The van der Waals surface area contributed by atoms with E-state index in [-0.39, 0.29) is 29.1 Å². The molecule has 1 unspecified atom stereocenters. The van der Waals surface area contributed by atoms with Gasteiger partial charge in [0.25, 0.3) is 5.91 Å². The van der Waals surface area contributed by atoms with Gasteiger partial charge < -0.3 is 20.5 Å². The first kappa shape index (κ1) is 20.3. The van der Waals surface area contributed by atoms with Crippen LogP contribution in [0.1, 0.15) is 53.7 Å². The Hall–Kier alpha value is -2.62. The number of aromatic amines is 1. The summed E-state index contributed by atoms with van der Waals surface area (Å²) < 4.78 is 41.3. The van der Waals surface area contributed by atoms with E-state index in [9.17, 15) is 18.0 Å². The van der Waals surface area contributed by atoms with Crippen molar-refractivity contribution < 1.29 is 18.0 Å². The molecule has 2 aromatic heterocycles. The molecule has 1 spiro atoms. The minimum atomic E-state index is -4.60. The standard InChI is InChI=1S/C21H25F3N6O/c1-30-8-2-3-13-14(10-25-17(13)18(30)31)16-15(21(22,23)24)11-26-19(29-16)28-12-4-5-20(6-7-20)27-9-12/h10-12,25,27H,2-9H2,1H3,(H,26,28,29). The fraction of sp³-hybridized carbons (Fsp3) is 0.571. The lowest BCUT2D eigenvalue weighted by atomic mass is 9.99. The lowest BCUT2D eigenvalue weighted by Crippen LogP contribution is -2.46. The van der Waals surface area contributed by atoms with Gasteiger partial charge in [0.05, 0.1) is 5.69 Å². The molecule has 1 amide bonds. The van der Waals surface area contributed by atoms with Gasteiger partial charge in [0.15, 0.2) is 0 Å². The SMILES string of the molecule is CN1CCCc2c(-c3nc(NC4CCC5(CC5)NC4)ncc3C(F)(F)F)c[nH]c2C1=O. The number of hydrogen-bond donors (Lipinski definition) is 3. The second-order valence-corrected chi connectivity index (χ2v) is 8.88. The first-order valence-corrected chi connectivity index (χ1v) is 10.7. The number of amides is 1. The van der Waals surface area contributed by atoms with E-state index in [1.54, 1.807) is 11.9 Å². The number of alkyl halides is 3. The van der Waals surface area contributed by atoms with Gasteiger partial charge in [-0.3, -0.25) is 4.79 Å². The number of rotatable bonds is 3. The highest BCUT2D eigenvalue weighted by molar-refractivity contribution is 5.96. The van der Waals surface area contributed by atoms with Crippen molar-refractivity contribution >= 4 is 11.9 Å². The fourth-order valence-electron chi connectivity index (χ4n) is 4.63. The number of aromatic nitrogens is 3. The number of halogens is 3. The Morgan fingerprint density at radius 1 is 1.29 bits per heavy atom. The molecule has 4 heterocycles. The molecule has 2 aromatic rings. The van der Waals surface area contributed by atoms with Gasteiger partial charge in [-0.05, 0) is 44.1 Å². The van der Waals surface area contributed by atoms with Gasteiger partial charge in [0.2, 0.25) is 5.95 Å². The maximum absolute atomic E-state index is 13.8. The molecule has 1 aliphatic carbocycles. The zero-order chi connectivity index (χ0) is 21.8. The van der Waals surface area contributed by atoms with Crippen LogP contribution in [0.25, 0.3) is 11.3 Å². The number of nitrogens with one attached hydrogen (secondary N) is 3. The van der Waals surface area contributed by atoms with E-state index in [2.05, 4.69) is 25.6 Å². The Morgan fingerprint density at radius 2 is 2.10 bits per heavy atom. The van der Waals surface area contributed by atoms with Crippen LogP contribution in [0, 0.1) is 0 Å². The predicted molar refractivity (Wildman–Crippen MR) is 109 cm³/mol. The van der Waals surface area contributed by atoms with E-state index in [4.69, 9.17) is 0 Å². The molecular weight excluding hydrogens is 409 g/mol. The first-order chi connectivity index (χ1) is 14.8. The second-order valence-electron chi connectivity index (χ2n) is 8.88. The third-order valence-electron chi connectivity index (χ3n) is 6.70. The Morgan fingerprint density at radius 3 is 2.77 bits per heavy atom. The van der Waals surface area contributed by atoms with E-state index in [1.165, 1.54) is 19.0 Å². The number of piperidine rings is 1. The van der Waals surface area contributed by atoms with Crippen LogP contribution in [0.5, 0.6) is 0 Å². The normalized spacial score (nSPS) is 22.9. The molecule has 0 bridgehead atoms. The van der Waals surface area contributed by atoms with E-state index < -0.39 is 11.7 Å². The van der Waals surface area contributed by atoms with E-state index in [1.807, 2.05) is 0 Å². The van der Waals surface area contributed by atoms with Gasteiger partial charge in [0.1, 0.15) is 11.3 Å². The maximum Gasteiger partial charge on any atom is 0.419 e. The van der Waals surface area contributed by atoms with Crippen molar-refractivity contribution in [3.63, 3.8) is 0 Å². The molecule has 5 rings (SSSR count). The third kappa shape index (κ3) is 3.77. The maximum atomic E-state index is 13.8. The van der Waals surface area contributed by atoms with Crippen LogP contribution in [0.3, 0.4) is 0 Å². The number of H-pyrrole nitrogens is 1. The molecule has 2 fully saturated rings. The number of fused-ring (bicyclic) bond motifs is 1. The highest BCUT2D eigenvalue weighted by Gasteiger charge is 2.45. The molecule has 31 heavy (non-hydrogen) atoms. The summed E-state index contributed by atoms with van der Waals surface area (Å²) in [7, 11) is 1.69. The average Bonchev–Trinajstić information content (AvgIpc) is 3.39. The smallest absolute Gasteiger partial charge is 0.356 e. The molecule has 10 heteroatoms. The summed E-state index contributed by atoms with van der Waals surface area (Å²) >= 11 is 0. The molecule has 7 nitrogen and oxygen atoms in total. The molecule has 3 aliphatic rings. The number of carbonyl (C=O) groups is 1. The van der Waals surface area contributed by atoms with Crippen LogP contribution in [-0.4, -0.2) is 57.5 Å². The Kier molecular flexibility index (Phi) is 4.72. The van der Waals surface area contributed by atoms with E-state index >= 15 is 0 Å². The van der Waals surface area contributed by atoms with Crippen LogP contribution >= 0.6 is 0 Å². The Balaban J connectivity index is 1.49. The Bertz CT molecular complexity index is 1000. The fourth-order valence-corrected chi connectivity index (χ4v) is 4.63. The monoisotopic (exact) mass is 434 g/mol. The molecule has 1 saturated carbocycles. The van der Waals surface area contributed by atoms with Crippen molar-refractivity contribution in [1.82, 2.24) is 25.2 Å². The molecule has 0 radical (unpaired) electrons. The molecule has 166 valence electrons. The predicted octanol–water partition coefficient (Wildman–Crippen LogP) is 3.21. The minimum absolute atomic E-state index is 0.0642. The van der Waals surface area contributed by atoms with Crippen LogP contribution < -0.4 is 10.6 Å². The van der Waals surface area contributed by atoms with Crippen LogP contribution in [0.2, 0.25) is 0 Å². The van der Waals surface area contributed by atoms with Crippen LogP contribution in [0.4, 0.5) is 19.1 Å². The van der Waals surface area contributed by atoms with Crippen molar-refractivity contribution in [2.24, 2.45) is 0 Å². The molecular formula is C21H25F3N6O. The second kappa shape index (κ2) is 7.22. The Labute approximate surface area is 177 Å². The summed E-state index contributed by atoms with van der Waals surface area (Å²) in [6, 6.07) is 0.0642. The zero-order valence-corrected chi connectivity index (χ0v) is 17.3. The lowest BCUT2D eigenvalue weighted by Gasteiger charge is -2.30. The average molecular weight is 434 g/mol. The van der Waals surface area contributed by atoms with Gasteiger partial charge in [-0.25, -0.2) is 9.97 Å². The van der Waals surface area contributed by atoms with Crippen molar-refractivity contribution in [2.45, 2.75) is 56.3 Å². The van der Waals surface area contributed by atoms with Crippen molar-refractivity contribution in [3.8, 4) is 11.3 Å². The number of anilines is 1. The van der Waals surface area contributed by atoms with Gasteiger partial charge in [-0.15, -0.1) is 0 Å². The summed E-state index contributed by atoms with van der Waals surface area (Å²) in [5, 5.41) is 6.73. The zero-order valence-electron chi connectivity index (χ0n) is 17.3. The number of nitrogens with zero attached hydrogens (tertiary/aromatic N) is 3. The van der Waals surface area contributed by atoms with E-state index in [0.717, 1.165) is 25.6 Å².